The Bertz CT molecular complexity index is 260. The van der Waals surface area contributed by atoms with Crippen molar-refractivity contribution in [2.45, 2.75) is 26.3 Å². The fourth-order valence-electron chi connectivity index (χ4n) is 1.48. The van der Waals surface area contributed by atoms with E-state index in [-0.39, 0.29) is 18.5 Å². The molecule has 4 heteroatoms. The first-order chi connectivity index (χ1) is 6.56. The molecule has 4 nitrogen and oxygen atoms in total. The molecule has 0 aliphatic carbocycles. The Hall–Kier alpha value is -1.32. The van der Waals surface area contributed by atoms with Gasteiger partial charge in [0, 0.05) is 6.20 Å². The summed E-state index contributed by atoms with van der Waals surface area (Å²) in [7, 11) is 0. The Morgan fingerprint density at radius 3 is 2.79 bits per heavy atom. The Balaban J connectivity index is 2.78. The van der Waals surface area contributed by atoms with Gasteiger partial charge in [0.2, 0.25) is 0 Å². The van der Waals surface area contributed by atoms with Gasteiger partial charge in [-0.15, -0.1) is 0 Å². The second-order valence-corrected chi connectivity index (χ2v) is 3.74. The van der Waals surface area contributed by atoms with Crippen LogP contribution in [0.25, 0.3) is 0 Å². The normalized spacial score (nSPS) is 22.5. The van der Waals surface area contributed by atoms with E-state index in [4.69, 9.17) is 4.74 Å². The molecule has 0 aromatic rings. The number of esters is 1. The lowest BCUT2D eigenvalue weighted by Gasteiger charge is -2.32. The third-order valence-electron chi connectivity index (χ3n) is 2.13. The fourth-order valence-corrected chi connectivity index (χ4v) is 1.48. The van der Waals surface area contributed by atoms with E-state index in [0.29, 0.717) is 12.3 Å². The summed E-state index contributed by atoms with van der Waals surface area (Å²) in [5.74, 6) is -0.204. The lowest BCUT2D eigenvalue weighted by Crippen LogP contribution is -2.49. The summed E-state index contributed by atoms with van der Waals surface area (Å²) in [5.41, 5.74) is 0. The first kappa shape index (κ1) is 10.8. The van der Waals surface area contributed by atoms with Crippen molar-refractivity contribution in [3.63, 3.8) is 0 Å². The summed E-state index contributed by atoms with van der Waals surface area (Å²) in [6.45, 7) is 7.34. The number of cyclic esters (lactones) is 1. The predicted octanol–water partition coefficient (Wildman–Crippen LogP) is 0.930. The minimum atomic E-state index is -0.492. The molecular weight excluding hydrogens is 182 g/mol. The first-order valence-corrected chi connectivity index (χ1v) is 4.66. The molecule has 1 heterocycles. The molecule has 1 atom stereocenters. The fraction of sp³-hybridized carbons (Fsp3) is 0.600. The molecule has 1 saturated heterocycles. The smallest absolute Gasteiger partial charge is 0.329 e. The van der Waals surface area contributed by atoms with Crippen molar-refractivity contribution >= 4 is 11.9 Å². The lowest BCUT2D eigenvalue weighted by atomic mass is 10.0. The Morgan fingerprint density at radius 2 is 2.29 bits per heavy atom. The number of ether oxygens (including phenoxy) is 1. The van der Waals surface area contributed by atoms with Gasteiger partial charge in [0.05, 0.1) is 0 Å². The number of amides is 1. The molecule has 1 unspecified atom stereocenters. The zero-order chi connectivity index (χ0) is 10.7. The van der Waals surface area contributed by atoms with Gasteiger partial charge in [-0.3, -0.25) is 4.79 Å². The van der Waals surface area contributed by atoms with Crippen LogP contribution in [0.4, 0.5) is 0 Å². The van der Waals surface area contributed by atoms with Crippen LogP contribution in [-0.4, -0.2) is 29.4 Å². The first-order valence-electron chi connectivity index (χ1n) is 4.66. The summed E-state index contributed by atoms with van der Waals surface area (Å²) in [5, 5.41) is 0. The average Bonchev–Trinajstić information content (AvgIpc) is 2.11. The highest BCUT2D eigenvalue weighted by Crippen LogP contribution is 2.17. The summed E-state index contributed by atoms with van der Waals surface area (Å²) < 4.78 is 4.76. The maximum Gasteiger partial charge on any atom is 0.329 e. The van der Waals surface area contributed by atoms with E-state index in [1.165, 1.54) is 11.1 Å². The molecule has 1 rings (SSSR count). The summed E-state index contributed by atoms with van der Waals surface area (Å²) in [6.07, 6.45) is 2.01. The highest BCUT2D eigenvalue weighted by molar-refractivity contribution is 5.91. The topological polar surface area (TPSA) is 46.6 Å². The van der Waals surface area contributed by atoms with Gasteiger partial charge in [-0.25, -0.2) is 4.79 Å². The molecule has 14 heavy (non-hydrogen) atoms. The van der Waals surface area contributed by atoms with Gasteiger partial charge in [-0.05, 0) is 12.3 Å². The SMILES string of the molecule is C=CN1C(=O)COC(=O)C1CC(C)C. The van der Waals surface area contributed by atoms with Crippen molar-refractivity contribution in [2.75, 3.05) is 6.61 Å². The van der Waals surface area contributed by atoms with Crippen molar-refractivity contribution in [1.29, 1.82) is 0 Å². The van der Waals surface area contributed by atoms with E-state index in [2.05, 4.69) is 6.58 Å². The number of hydrogen-bond donors (Lipinski definition) is 0. The maximum atomic E-state index is 11.4. The van der Waals surface area contributed by atoms with Crippen molar-refractivity contribution in [3.8, 4) is 0 Å². The van der Waals surface area contributed by atoms with Gasteiger partial charge >= 0.3 is 5.97 Å². The van der Waals surface area contributed by atoms with Gasteiger partial charge in [-0.1, -0.05) is 20.4 Å². The predicted molar refractivity (Wildman–Crippen MR) is 51.2 cm³/mol. The monoisotopic (exact) mass is 197 g/mol. The highest BCUT2D eigenvalue weighted by atomic mass is 16.5. The van der Waals surface area contributed by atoms with Crippen LogP contribution in [0.2, 0.25) is 0 Å². The van der Waals surface area contributed by atoms with E-state index < -0.39 is 6.04 Å². The standard InChI is InChI=1S/C10H15NO3/c1-4-11-8(5-7(2)3)10(13)14-6-9(11)12/h4,7-8H,1,5-6H2,2-3H3. The largest absolute Gasteiger partial charge is 0.454 e. The molecule has 0 radical (unpaired) electrons. The van der Waals surface area contributed by atoms with Gasteiger partial charge in [0.15, 0.2) is 6.61 Å². The molecule has 1 aliphatic rings. The van der Waals surface area contributed by atoms with Crippen molar-refractivity contribution in [3.05, 3.63) is 12.8 Å². The molecule has 0 aromatic heterocycles. The van der Waals surface area contributed by atoms with Gasteiger partial charge in [-0.2, -0.15) is 0 Å². The number of carbonyl (C=O) groups excluding carboxylic acids is 2. The van der Waals surface area contributed by atoms with Crippen LogP contribution in [0, 0.1) is 5.92 Å². The number of nitrogens with zero attached hydrogens (tertiary/aromatic N) is 1. The Morgan fingerprint density at radius 1 is 1.64 bits per heavy atom. The Labute approximate surface area is 83.5 Å². The van der Waals surface area contributed by atoms with Crippen LogP contribution in [0.3, 0.4) is 0 Å². The zero-order valence-electron chi connectivity index (χ0n) is 8.53. The van der Waals surface area contributed by atoms with Crippen LogP contribution in [0.5, 0.6) is 0 Å². The summed E-state index contributed by atoms with van der Waals surface area (Å²) in [6, 6.07) is -0.492. The van der Waals surface area contributed by atoms with Crippen LogP contribution in [-0.2, 0) is 14.3 Å². The molecule has 0 aromatic carbocycles. The summed E-state index contributed by atoms with van der Waals surface area (Å²) >= 11 is 0. The third kappa shape index (κ3) is 2.13. The molecule has 0 bridgehead atoms. The van der Waals surface area contributed by atoms with Crippen LogP contribution in [0.1, 0.15) is 20.3 Å². The van der Waals surface area contributed by atoms with Gasteiger partial charge in [0.25, 0.3) is 5.91 Å². The number of rotatable bonds is 3. The maximum absolute atomic E-state index is 11.4. The van der Waals surface area contributed by atoms with E-state index in [1.54, 1.807) is 0 Å². The molecule has 0 N–H and O–H groups in total. The molecule has 0 spiro atoms. The van der Waals surface area contributed by atoms with Crippen LogP contribution < -0.4 is 0 Å². The lowest BCUT2D eigenvalue weighted by molar-refractivity contribution is -0.166. The van der Waals surface area contributed by atoms with E-state index in [0.717, 1.165) is 0 Å². The van der Waals surface area contributed by atoms with E-state index >= 15 is 0 Å². The third-order valence-corrected chi connectivity index (χ3v) is 2.13. The Kier molecular flexibility index (Phi) is 3.28. The molecule has 1 amide bonds. The van der Waals surface area contributed by atoms with E-state index in [9.17, 15) is 9.59 Å². The molecule has 1 aliphatic heterocycles. The minimum absolute atomic E-state index is 0.167. The van der Waals surface area contributed by atoms with E-state index in [1.807, 2.05) is 13.8 Å². The summed E-state index contributed by atoms with van der Waals surface area (Å²) in [4.78, 5) is 24.1. The number of morpholine rings is 1. The van der Waals surface area contributed by atoms with Crippen molar-refractivity contribution in [1.82, 2.24) is 4.90 Å². The second kappa shape index (κ2) is 4.26. The number of carbonyl (C=O) groups is 2. The van der Waals surface area contributed by atoms with Gasteiger partial charge < -0.3 is 9.64 Å². The zero-order valence-corrected chi connectivity index (χ0v) is 8.53. The average molecular weight is 197 g/mol. The molecule has 1 fully saturated rings. The minimum Gasteiger partial charge on any atom is -0.454 e. The molecule has 78 valence electrons. The molecular formula is C10H15NO3. The number of hydrogen-bond acceptors (Lipinski definition) is 3. The second-order valence-electron chi connectivity index (χ2n) is 3.74. The van der Waals surface area contributed by atoms with Crippen LogP contribution in [0.15, 0.2) is 12.8 Å². The van der Waals surface area contributed by atoms with Crippen molar-refractivity contribution < 1.29 is 14.3 Å². The van der Waals surface area contributed by atoms with Crippen molar-refractivity contribution in [2.24, 2.45) is 5.92 Å². The molecule has 0 saturated carbocycles. The quantitative estimate of drug-likeness (QED) is 0.632. The van der Waals surface area contributed by atoms with Gasteiger partial charge in [0.1, 0.15) is 6.04 Å². The highest BCUT2D eigenvalue weighted by Gasteiger charge is 2.34. The van der Waals surface area contributed by atoms with Crippen LogP contribution >= 0.6 is 0 Å².